The highest BCUT2D eigenvalue weighted by molar-refractivity contribution is 5.94. The van der Waals surface area contributed by atoms with E-state index in [2.05, 4.69) is 17.0 Å². The van der Waals surface area contributed by atoms with Crippen LogP contribution in [0.5, 0.6) is 0 Å². The smallest absolute Gasteiger partial charge is 0.378 e. The van der Waals surface area contributed by atoms with E-state index in [9.17, 15) is 22.4 Å². The standard InChI is InChI=1S/C23H26F4N4O2/c1-2-7-31-20-6-5-17(28-14-15-3-4-16(12-19(15)24)23(25,26)27)13-18(20)21(29-31)22(32)30-8-10-33-11-9-30/h2-4,12,17,28H,1,5-11,13-14H2/t17-/m1/s1. The van der Waals surface area contributed by atoms with Crippen LogP contribution >= 0.6 is 0 Å². The SMILES string of the molecule is C=CCn1nc(C(=O)N2CCOCC2)c2c1CC[C@@H](NCc1ccc(C(F)(F)F)cc1F)C2. The number of benzene rings is 1. The minimum absolute atomic E-state index is 0.0585. The number of halogens is 4. The molecule has 1 N–H and O–H groups in total. The Balaban J connectivity index is 1.49. The molecule has 33 heavy (non-hydrogen) atoms. The van der Waals surface area contributed by atoms with Crippen LogP contribution in [0.15, 0.2) is 30.9 Å². The van der Waals surface area contributed by atoms with Crippen molar-refractivity contribution in [3.63, 3.8) is 0 Å². The molecule has 178 valence electrons. The summed E-state index contributed by atoms with van der Waals surface area (Å²) in [6.07, 6.45) is -0.904. The van der Waals surface area contributed by atoms with Crippen molar-refractivity contribution in [1.29, 1.82) is 0 Å². The maximum atomic E-state index is 14.2. The Morgan fingerprint density at radius 1 is 1.30 bits per heavy atom. The summed E-state index contributed by atoms with van der Waals surface area (Å²) < 4.78 is 59.7. The first-order chi connectivity index (χ1) is 15.8. The predicted octanol–water partition coefficient (Wildman–Crippen LogP) is 3.35. The van der Waals surface area contributed by atoms with E-state index in [1.54, 1.807) is 11.0 Å². The Bertz CT molecular complexity index is 1030. The van der Waals surface area contributed by atoms with Gasteiger partial charge in [-0.2, -0.15) is 18.3 Å². The molecule has 1 aliphatic heterocycles. The van der Waals surface area contributed by atoms with Gasteiger partial charge in [-0.25, -0.2) is 4.39 Å². The Morgan fingerprint density at radius 2 is 2.06 bits per heavy atom. The van der Waals surface area contributed by atoms with E-state index < -0.39 is 17.6 Å². The van der Waals surface area contributed by atoms with E-state index in [1.807, 2.05) is 4.68 Å². The number of amides is 1. The number of alkyl halides is 3. The third kappa shape index (κ3) is 5.11. The molecule has 1 aromatic heterocycles. The van der Waals surface area contributed by atoms with Crippen LogP contribution in [-0.2, 0) is 36.8 Å². The average Bonchev–Trinajstić information content (AvgIpc) is 3.15. The number of allylic oxidation sites excluding steroid dienone is 1. The molecular weight excluding hydrogens is 440 g/mol. The molecule has 0 bridgehead atoms. The number of ether oxygens (including phenoxy) is 1. The molecule has 0 radical (unpaired) electrons. The number of nitrogens with zero attached hydrogens (tertiary/aromatic N) is 3. The number of hydrogen-bond acceptors (Lipinski definition) is 4. The number of aromatic nitrogens is 2. The number of hydrogen-bond donors (Lipinski definition) is 1. The van der Waals surface area contributed by atoms with Crippen molar-refractivity contribution in [2.45, 2.75) is 44.6 Å². The van der Waals surface area contributed by atoms with Crippen molar-refractivity contribution >= 4 is 5.91 Å². The maximum Gasteiger partial charge on any atom is 0.416 e. The van der Waals surface area contributed by atoms with Crippen molar-refractivity contribution in [2.75, 3.05) is 26.3 Å². The summed E-state index contributed by atoms with van der Waals surface area (Å²) in [4.78, 5) is 14.9. The zero-order chi connectivity index (χ0) is 23.6. The summed E-state index contributed by atoms with van der Waals surface area (Å²) in [5.74, 6) is -1.03. The molecule has 2 aromatic rings. The fraction of sp³-hybridized carbons (Fsp3) is 0.478. The fourth-order valence-corrected chi connectivity index (χ4v) is 4.34. The fourth-order valence-electron chi connectivity index (χ4n) is 4.34. The van der Waals surface area contributed by atoms with E-state index in [0.29, 0.717) is 57.4 Å². The molecule has 1 amide bonds. The predicted molar refractivity (Wildman–Crippen MR) is 113 cm³/mol. The third-order valence-electron chi connectivity index (χ3n) is 6.11. The molecule has 1 aliphatic carbocycles. The lowest BCUT2D eigenvalue weighted by Gasteiger charge is -2.28. The number of morpholine rings is 1. The summed E-state index contributed by atoms with van der Waals surface area (Å²) >= 11 is 0. The maximum absolute atomic E-state index is 14.2. The average molecular weight is 466 g/mol. The van der Waals surface area contributed by atoms with Gasteiger partial charge in [0.2, 0.25) is 0 Å². The highest BCUT2D eigenvalue weighted by atomic mass is 19.4. The molecule has 10 heteroatoms. The summed E-state index contributed by atoms with van der Waals surface area (Å²) in [7, 11) is 0. The summed E-state index contributed by atoms with van der Waals surface area (Å²) in [6, 6.07) is 2.51. The van der Waals surface area contributed by atoms with Crippen molar-refractivity contribution in [1.82, 2.24) is 20.0 Å². The molecule has 0 unspecified atom stereocenters. The molecule has 1 aromatic carbocycles. The zero-order valence-electron chi connectivity index (χ0n) is 18.1. The van der Waals surface area contributed by atoms with Crippen LogP contribution in [0, 0.1) is 5.82 Å². The second kappa shape index (κ2) is 9.64. The monoisotopic (exact) mass is 466 g/mol. The number of fused-ring (bicyclic) bond motifs is 1. The lowest BCUT2D eigenvalue weighted by atomic mass is 9.90. The van der Waals surface area contributed by atoms with Gasteiger partial charge in [-0.1, -0.05) is 12.1 Å². The van der Waals surface area contributed by atoms with Gasteiger partial charge in [0.25, 0.3) is 5.91 Å². The highest BCUT2D eigenvalue weighted by Crippen LogP contribution is 2.30. The Hall–Kier alpha value is -2.72. The molecule has 0 spiro atoms. The lowest BCUT2D eigenvalue weighted by Crippen LogP contribution is -2.41. The highest BCUT2D eigenvalue weighted by Gasteiger charge is 2.33. The van der Waals surface area contributed by atoms with Crippen LogP contribution in [0.25, 0.3) is 0 Å². The van der Waals surface area contributed by atoms with Gasteiger partial charge in [0, 0.05) is 42.5 Å². The van der Waals surface area contributed by atoms with Gasteiger partial charge < -0.3 is 15.0 Å². The molecule has 1 fully saturated rings. The summed E-state index contributed by atoms with van der Waals surface area (Å²) in [6.45, 7) is 6.36. The van der Waals surface area contributed by atoms with E-state index in [4.69, 9.17) is 4.74 Å². The molecule has 2 heterocycles. The number of carbonyl (C=O) groups is 1. The summed E-state index contributed by atoms with van der Waals surface area (Å²) in [5.41, 5.74) is 1.43. The molecule has 6 nitrogen and oxygen atoms in total. The normalized spacial score (nSPS) is 18.8. The van der Waals surface area contributed by atoms with Gasteiger partial charge in [-0.3, -0.25) is 9.48 Å². The van der Waals surface area contributed by atoms with Crippen molar-refractivity contribution in [3.05, 3.63) is 64.7 Å². The first-order valence-electron chi connectivity index (χ1n) is 10.9. The Labute approximate surface area is 189 Å². The van der Waals surface area contributed by atoms with Gasteiger partial charge in [-0.15, -0.1) is 6.58 Å². The molecule has 0 saturated carbocycles. The van der Waals surface area contributed by atoms with E-state index in [-0.39, 0.29) is 24.1 Å². The van der Waals surface area contributed by atoms with Gasteiger partial charge in [0.1, 0.15) is 5.82 Å². The quantitative estimate of drug-likeness (QED) is 0.524. The van der Waals surface area contributed by atoms with E-state index >= 15 is 0 Å². The zero-order valence-corrected chi connectivity index (χ0v) is 18.1. The van der Waals surface area contributed by atoms with E-state index in [1.165, 1.54) is 0 Å². The van der Waals surface area contributed by atoms with Crippen LogP contribution in [0.4, 0.5) is 17.6 Å². The number of rotatable bonds is 6. The van der Waals surface area contributed by atoms with Gasteiger partial charge >= 0.3 is 6.18 Å². The second-order valence-corrected chi connectivity index (χ2v) is 8.27. The Kier molecular flexibility index (Phi) is 6.85. The van der Waals surface area contributed by atoms with Crippen LogP contribution in [0.2, 0.25) is 0 Å². The lowest BCUT2D eigenvalue weighted by molar-refractivity contribution is -0.137. The van der Waals surface area contributed by atoms with Gasteiger partial charge in [0.05, 0.1) is 25.3 Å². The third-order valence-corrected chi connectivity index (χ3v) is 6.11. The number of nitrogens with one attached hydrogen (secondary N) is 1. The van der Waals surface area contributed by atoms with Crippen LogP contribution in [0.3, 0.4) is 0 Å². The van der Waals surface area contributed by atoms with Gasteiger partial charge in [0.15, 0.2) is 5.69 Å². The number of carbonyl (C=O) groups excluding carboxylic acids is 1. The van der Waals surface area contributed by atoms with Crippen LogP contribution in [-0.4, -0.2) is 52.9 Å². The molecule has 4 rings (SSSR count). The van der Waals surface area contributed by atoms with Crippen molar-refractivity contribution in [3.8, 4) is 0 Å². The van der Waals surface area contributed by atoms with Crippen molar-refractivity contribution < 1.29 is 27.1 Å². The molecule has 1 saturated heterocycles. The summed E-state index contributed by atoms with van der Waals surface area (Å²) in [5, 5.41) is 7.82. The molecule has 2 aliphatic rings. The minimum Gasteiger partial charge on any atom is -0.378 e. The van der Waals surface area contributed by atoms with E-state index in [0.717, 1.165) is 29.8 Å². The topological polar surface area (TPSA) is 59.4 Å². The van der Waals surface area contributed by atoms with Crippen molar-refractivity contribution in [2.24, 2.45) is 0 Å². The first kappa shape index (κ1) is 23.4. The van der Waals surface area contributed by atoms with Gasteiger partial charge in [-0.05, 0) is 31.4 Å². The van der Waals surface area contributed by atoms with Crippen LogP contribution < -0.4 is 5.32 Å². The second-order valence-electron chi connectivity index (χ2n) is 8.27. The minimum atomic E-state index is -4.58. The van der Waals surface area contributed by atoms with Crippen LogP contribution in [0.1, 0.15) is 39.3 Å². The molecular formula is C23H26F4N4O2. The largest absolute Gasteiger partial charge is 0.416 e. The first-order valence-corrected chi connectivity index (χ1v) is 10.9. The Morgan fingerprint density at radius 3 is 2.73 bits per heavy atom. The molecule has 1 atom stereocenters.